The van der Waals surface area contributed by atoms with Crippen molar-refractivity contribution in [2.24, 2.45) is 17.3 Å². The van der Waals surface area contributed by atoms with Crippen LogP contribution in [-0.4, -0.2) is 18.0 Å². The van der Waals surface area contributed by atoms with Crippen molar-refractivity contribution in [2.45, 2.75) is 45.7 Å². The molecule has 1 aliphatic carbocycles. The Kier molecular flexibility index (Phi) is 4.45. The van der Waals surface area contributed by atoms with Gasteiger partial charge in [0.25, 0.3) is 5.69 Å². The number of hydrogen-bond acceptors (Lipinski definition) is 3. The monoisotopic (exact) mass is 356 g/mol. The van der Waals surface area contributed by atoms with Gasteiger partial charge in [-0.25, -0.2) is 0 Å². The molecule has 2 fully saturated rings. The van der Waals surface area contributed by atoms with Crippen molar-refractivity contribution in [1.29, 1.82) is 0 Å². The van der Waals surface area contributed by atoms with Crippen LogP contribution in [-0.2, 0) is 6.18 Å². The predicted molar refractivity (Wildman–Crippen MR) is 89.5 cm³/mol. The van der Waals surface area contributed by atoms with Crippen LogP contribution in [0, 0.1) is 27.4 Å². The Morgan fingerprint density at radius 3 is 2.56 bits per heavy atom. The highest BCUT2D eigenvalue weighted by Crippen LogP contribution is 2.57. The zero-order valence-electron chi connectivity index (χ0n) is 14.5. The first kappa shape index (κ1) is 18.0. The Bertz CT molecular complexity index is 671. The standard InChI is InChI=1S/C18H23F3N2O2/c1-3-13-8-12(2)10-22(11-17(13)6-7-17)16-5-4-14(23(24)25)9-15(16)18(19,20)21/h4-5,9,12-13H,3,6-8,10-11H2,1-2H3/t12-,13?/m1/s1. The molecular weight excluding hydrogens is 333 g/mol. The van der Waals surface area contributed by atoms with Gasteiger partial charge >= 0.3 is 6.18 Å². The predicted octanol–water partition coefficient (Wildman–Crippen LogP) is 5.27. The van der Waals surface area contributed by atoms with E-state index in [0.29, 0.717) is 31.0 Å². The molecule has 7 heteroatoms. The maximum Gasteiger partial charge on any atom is 0.418 e. The molecule has 0 bridgehead atoms. The van der Waals surface area contributed by atoms with Crippen molar-refractivity contribution < 1.29 is 18.1 Å². The number of nitrogens with zero attached hydrogens (tertiary/aromatic N) is 2. The summed E-state index contributed by atoms with van der Waals surface area (Å²) >= 11 is 0. The molecule has 0 amide bonds. The van der Waals surface area contributed by atoms with E-state index in [-0.39, 0.29) is 11.1 Å². The molecule has 0 N–H and O–H groups in total. The van der Waals surface area contributed by atoms with Crippen LogP contribution in [0.15, 0.2) is 18.2 Å². The number of non-ortho nitro benzene ring substituents is 1. The second-order valence-electron chi connectivity index (χ2n) is 7.65. The SMILES string of the molecule is CCC1C[C@@H](C)CN(c2ccc([N+](=O)[O-])cc2C(F)(F)F)CC12CC2. The number of hydrogen-bond donors (Lipinski definition) is 0. The Hall–Kier alpha value is -1.79. The highest BCUT2D eigenvalue weighted by Gasteiger charge is 2.51. The molecule has 1 saturated carbocycles. The molecule has 1 aromatic rings. The normalized spacial score (nSPS) is 25.7. The molecule has 2 aliphatic rings. The van der Waals surface area contributed by atoms with Gasteiger partial charge in [0.15, 0.2) is 0 Å². The third-order valence-corrected chi connectivity index (χ3v) is 5.81. The average molecular weight is 356 g/mol. The molecule has 2 atom stereocenters. The van der Waals surface area contributed by atoms with E-state index in [1.54, 1.807) is 0 Å². The minimum absolute atomic E-state index is 0.0768. The van der Waals surface area contributed by atoms with Crippen LogP contribution in [0.1, 0.15) is 45.1 Å². The van der Waals surface area contributed by atoms with Gasteiger partial charge in [-0.2, -0.15) is 13.2 Å². The Balaban J connectivity index is 2.01. The first-order valence-electron chi connectivity index (χ1n) is 8.77. The number of nitro groups is 1. The van der Waals surface area contributed by atoms with E-state index in [1.807, 2.05) is 4.90 Å². The fraction of sp³-hybridized carbons (Fsp3) is 0.667. The lowest BCUT2D eigenvalue weighted by Crippen LogP contribution is -2.34. The Morgan fingerprint density at radius 1 is 1.36 bits per heavy atom. The average Bonchev–Trinajstić information content (AvgIpc) is 3.32. The molecule has 1 aliphatic heterocycles. The molecule has 25 heavy (non-hydrogen) atoms. The smallest absolute Gasteiger partial charge is 0.370 e. The van der Waals surface area contributed by atoms with Crippen molar-refractivity contribution in [1.82, 2.24) is 0 Å². The highest BCUT2D eigenvalue weighted by atomic mass is 19.4. The summed E-state index contributed by atoms with van der Waals surface area (Å²) in [6.45, 7) is 5.39. The quantitative estimate of drug-likeness (QED) is 0.548. The van der Waals surface area contributed by atoms with Crippen LogP contribution in [0.4, 0.5) is 24.5 Å². The molecule has 0 aromatic heterocycles. The van der Waals surface area contributed by atoms with Gasteiger partial charge < -0.3 is 4.90 Å². The molecular formula is C18H23F3N2O2. The van der Waals surface area contributed by atoms with Crippen LogP contribution in [0.25, 0.3) is 0 Å². The molecule has 0 radical (unpaired) electrons. The Morgan fingerprint density at radius 2 is 2.04 bits per heavy atom. The van der Waals surface area contributed by atoms with E-state index in [1.165, 1.54) is 12.1 Å². The van der Waals surface area contributed by atoms with E-state index in [0.717, 1.165) is 25.7 Å². The summed E-state index contributed by atoms with van der Waals surface area (Å²) in [6.07, 6.45) is -0.421. The molecule has 1 heterocycles. The molecule has 1 aromatic carbocycles. The largest absolute Gasteiger partial charge is 0.418 e. The fourth-order valence-electron chi connectivity index (χ4n) is 4.41. The molecule has 138 valence electrons. The summed E-state index contributed by atoms with van der Waals surface area (Å²) in [5, 5.41) is 10.9. The van der Waals surface area contributed by atoms with Crippen LogP contribution in [0.3, 0.4) is 0 Å². The van der Waals surface area contributed by atoms with Crippen molar-refractivity contribution in [3.8, 4) is 0 Å². The number of rotatable bonds is 3. The van der Waals surface area contributed by atoms with E-state index < -0.39 is 22.4 Å². The highest BCUT2D eigenvalue weighted by molar-refractivity contribution is 5.59. The minimum Gasteiger partial charge on any atom is -0.370 e. The topological polar surface area (TPSA) is 46.4 Å². The van der Waals surface area contributed by atoms with Crippen LogP contribution >= 0.6 is 0 Å². The van der Waals surface area contributed by atoms with Crippen LogP contribution in [0.2, 0.25) is 0 Å². The second kappa shape index (κ2) is 6.18. The molecule has 1 spiro atoms. The first-order chi connectivity index (χ1) is 11.7. The lowest BCUT2D eigenvalue weighted by atomic mass is 9.82. The lowest BCUT2D eigenvalue weighted by Gasteiger charge is -2.31. The van der Waals surface area contributed by atoms with E-state index in [9.17, 15) is 23.3 Å². The summed E-state index contributed by atoms with van der Waals surface area (Å²) in [7, 11) is 0. The lowest BCUT2D eigenvalue weighted by molar-refractivity contribution is -0.385. The van der Waals surface area contributed by atoms with E-state index in [2.05, 4.69) is 13.8 Å². The third kappa shape index (κ3) is 3.46. The minimum atomic E-state index is -4.61. The number of anilines is 1. The van der Waals surface area contributed by atoms with Gasteiger partial charge in [0.1, 0.15) is 0 Å². The molecule has 4 nitrogen and oxygen atoms in total. The zero-order chi connectivity index (χ0) is 18.4. The van der Waals surface area contributed by atoms with Gasteiger partial charge in [-0.3, -0.25) is 10.1 Å². The molecule has 3 rings (SSSR count). The molecule has 1 unspecified atom stereocenters. The van der Waals surface area contributed by atoms with Crippen molar-refractivity contribution in [3.63, 3.8) is 0 Å². The zero-order valence-corrected chi connectivity index (χ0v) is 14.5. The number of benzene rings is 1. The number of halogens is 3. The van der Waals surface area contributed by atoms with Gasteiger partial charge in [0.05, 0.1) is 10.5 Å². The number of nitro benzene ring substituents is 1. The van der Waals surface area contributed by atoms with Crippen molar-refractivity contribution >= 4 is 11.4 Å². The summed E-state index contributed by atoms with van der Waals surface area (Å²) in [6, 6.07) is 3.12. The van der Waals surface area contributed by atoms with Gasteiger partial charge in [-0.1, -0.05) is 20.3 Å². The fourth-order valence-corrected chi connectivity index (χ4v) is 4.41. The Labute approximate surface area is 145 Å². The summed E-state index contributed by atoms with van der Waals surface area (Å²) in [4.78, 5) is 11.9. The first-order valence-corrected chi connectivity index (χ1v) is 8.77. The van der Waals surface area contributed by atoms with Gasteiger partial charge in [0.2, 0.25) is 0 Å². The third-order valence-electron chi connectivity index (χ3n) is 5.81. The summed E-state index contributed by atoms with van der Waals surface area (Å²) < 4.78 is 40.6. The van der Waals surface area contributed by atoms with E-state index >= 15 is 0 Å². The van der Waals surface area contributed by atoms with Crippen LogP contribution in [0.5, 0.6) is 0 Å². The van der Waals surface area contributed by atoms with Crippen molar-refractivity contribution in [3.05, 3.63) is 33.9 Å². The van der Waals surface area contributed by atoms with E-state index in [4.69, 9.17) is 0 Å². The van der Waals surface area contributed by atoms with Crippen LogP contribution < -0.4 is 4.90 Å². The number of alkyl halides is 3. The maximum atomic E-state index is 13.5. The second-order valence-corrected chi connectivity index (χ2v) is 7.65. The van der Waals surface area contributed by atoms with Gasteiger partial charge in [-0.05, 0) is 42.6 Å². The summed E-state index contributed by atoms with van der Waals surface area (Å²) in [5.74, 6) is 0.834. The van der Waals surface area contributed by atoms with Gasteiger partial charge in [0, 0.05) is 30.9 Å². The molecule has 1 saturated heterocycles. The summed E-state index contributed by atoms with van der Waals surface area (Å²) in [5.41, 5.74) is -1.23. The maximum absolute atomic E-state index is 13.5. The van der Waals surface area contributed by atoms with Gasteiger partial charge in [-0.15, -0.1) is 0 Å². The van der Waals surface area contributed by atoms with Crippen molar-refractivity contribution in [2.75, 3.05) is 18.0 Å².